The van der Waals surface area contributed by atoms with Crippen molar-refractivity contribution < 1.29 is 13.2 Å². The molecule has 0 spiro atoms. The van der Waals surface area contributed by atoms with Crippen LogP contribution >= 0.6 is 11.3 Å². The lowest BCUT2D eigenvalue weighted by Crippen LogP contribution is -2.13. The van der Waals surface area contributed by atoms with Crippen LogP contribution in [0.15, 0.2) is 77.7 Å². The quantitative estimate of drug-likeness (QED) is 0.204. The minimum atomic E-state index is -3.89. The summed E-state index contributed by atoms with van der Waals surface area (Å²) in [5.41, 5.74) is 14.6. The number of carbonyl (C=O) groups excluding carboxylic acids is 1. The van der Waals surface area contributed by atoms with Crippen molar-refractivity contribution in [2.24, 2.45) is 10.9 Å². The number of primary sulfonamides is 1. The van der Waals surface area contributed by atoms with E-state index in [1.807, 2.05) is 0 Å². The van der Waals surface area contributed by atoms with Gasteiger partial charge in [0.05, 0.1) is 10.6 Å². The average Bonchev–Trinajstić information content (AvgIpc) is 3.21. The van der Waals surface area contributed by atoms with Crippen LogP contribution in [0.5, 0.6) is 0 Å². The molecule has 1 amide bonds. The maximum Gasteiger partial charge on any atom is 0.268 e. The minimum Gasteiger partial charge on any atom is -0.384 e. The molecule has 9 nitrogen and oxygen atoms in total. The topological polar surface area (TPSA) is 178 Å². The van der Waals surface area contributed by atoms with E-state index in [0.717, 1.165) is 11.3 Å². The smallest absolute Gasteiger partial charge is 0.268 e. The molecule has 3 aromatic carbocycles. The molecule has 0 aliphatic heterocycles. The summed E-state index contributed by atoms with van der Waals surface area (Å²) in [4.78, 5) is 17.6. The Labute approximate surface area is 199 Å². The molecule has 1 aromatic heterocycles. The van der Waals surface area contributed by atoms with Crippen molar-refractivity contribution in [2.45, 2.75) is 4.90 Å². The van der Waals surface area contributed by atoms with Crippen LogP contribution in [0.25, 0.3) is 22.4 Å². The molecule has 0 unspecified atom stereocenters. The normalized spacial score (nSPS) is 11.2. The summed E-state index contributed by atoms with van der Waals surface area (Å²) < 4.78 is 23.8. The highest BCUT2D eigenvalue weighted by molar-refractivity contribution is 7.89. The van der Waals surface area contributed by atoms with E-state index in [1.165, 1.54) is 6.07 Å². The van der Waals surface area contributed by atoms with E-state index < -0.39 is 15.9 Å². The van der Waals surface area contributed by atoms with Crippen LogP contribution in [-0.2, 0) is 10.0 Å². The largest absolute Gasteiger partial charge is 0.384 e. The van der Waals surface area contributed by atoms with Gasteiger partial charge in [0.2, 0.25) is 10.0 Å². The van der Waals surface area contributed by atoms with Crippen LogP contribution in [0.3, 0.4) is 0 Å². The summed E-state index contributed by atoms with van der Waals surface area (Å²) >= 11 is 1.04. The highest BCUT2D eigenvalue weighted by Crippen LogP contribution is 2.32. The van der Waals surface area contributed by atoms with Crippen LogP contribution in [0.1, 0.15) is 15.2 Å². The molecule has 172 valence electrons. The molecule has 0 saturated carbocycles. The summed E-state index contributed by atoms with van der Waals surface area (Å²) in [6.45, 7) is 0. The van der Waals surface area contributed by atoms with Crippen molar-refractivity contribution in [2.75, 3.05) is 11.1 Å². The van der Waals surface area contributed by atoms with E-state index in [2.05, 4.69) is 10.3 Å². The van der Waals surface area contributed by atoms with Gasteiger partial charge in [-0.2, -0.15) is 0 Å². The number of rotatable bonds is 6. The molecule has 0 radical (unpaired) electrons. The fourth-order valence-corrected chi connectivity index (χ4v) is 4.91. The van der Waals surface area contributed by atoms with Gasteiger partial charge in [-0.25, -0.2) is 18.5 Å². The van der Waals surface area contributed by atoms with E-state index in [0.29, 0.717) is 38.5 Å². The summed E-state index contributed by atoms with van der Waals surface area (Å²) in [6.07, 6.45) is 0. The Balaban J connectivity index is 1.61. The van der Waals surface area contributed by atoms with Crippen molar-refractivity contribution in [3.8, 4) is 22.4 Å². The van der Waals surface area contributed by atoms with Gasteiger partial charge >= 0.3 is 0 Å². The van der Waals surface area contributed by atoms with E-state index in [-0.39, 0.29) is 15.9 Å². The Morgan fingerprint density at radius 3 is 2.35 bits per heavy atom. The first-order valence-electron chi connectivity index (χ1n) is 9.88. The molecule has 34 heavy (non-hydrogen) atoms. The standard InChI is InChI=1S/C23H20N6O3S2/c24-21(25)15-5-3-4-14(12-15)19-20(33-23(26)29-19)22(30)28-16-10-8-13(9-11-16)17-6-1-2-7-18(17)34(27,31)32/h1-12H,(H3,24,25)(H2,26,29)(H,28,30)(H2,27,31,32). The molecule has 0 aliphatic carbocycles. The van der Waals surface area contributed by atoms with Gasteiger partial charge in [-0.1, -0.05) is 59.9 Å². The van der Waals surface area contributed by atoms with Gasteiger partial charge in [0, 0.05) is 22.4 Å². The highest BCUT2D eigenvalue weighted by atomic mass is 32.2. The molecular weight excluding hydrogens is 472 g/mol. The lowest BCUT2D eigenvalue weighted by Gasteiger charge is -2.10. The number of sulfonamides is 1. The molecule has 8 N–H and O–H groups in total. The Bertz CT molecular complexity index is 1510. The molecule has 4 aromatic rings. The van der Waals surface area contributed by atoms with Crippen molar-refractivity contribution in [3.63, 3.8) is 0 Å². The zero-order chi connectivity index (χ0) is 24.5. The minimum absolute atomic E-state index is 0.0179. The van der Waals surface area contributed by atoms with Gasteiger partial charge in [0.15, 0.2) is 5.13 Å². The molecule has 0 saturated heterocycles. The molecule has 1 heterocycles. The van der Waals surface area contributed by atoms with Crippen molar-refractivity contribution in [3.05, 3.63) is 83.2 Å². The number of hydrogen-bond donors (Lipinski definition) is 5. The molecule has 4 rings (SSSR count). The van der Waals surface area contributed by atoms with Crippen molar-refractivity contribution >= 4 is 43.9 Å². The van der Waals surface area contributed by atoms with E-state index >= 15 is 0 Å². The SMILES string of the molecule is N=C(N)c1cccc(-c2nc(N)sc2C(=O)Nc2ccc(-c3ccccc3S(N)(=O)=O)cc2)c1. The Kier molecular flexibility index (Phi) is 6.16. The predicted octanol–water partition coefficient (Wildman–Crippen LogP) is 3.24. The Morgan fingerprint density at radius 2 is 1.68 bits per heavy atom. The van der Waals surface area contributed by atoms with E-state index in [4.69, 9.17) is 22.0 Å². The van der Waals surface area contributed by atoms with Gasteiger partial charge in [0.25, 0.3) is 5.91 Å². The zero-order valence-corrected chi connectivity index (χ0v) is 19.3. The fraction of sp³-hybridized carbons (Fsp3) is 0. The molecule has 0 aliphatic rings. The number of nitrogens with one attached hydrogen (secondary N) is 2. The third-order valence-corrected chi connectivity index (χ3v) is 6.80. The number of benzene rings is 3. The number of nitrogen functional groups attached to an aromatic ring is 2. The highest BCUT2D eigenvalue weighted by Gasteiger charge is 2.20. The van der Waals surface area contributed by atoms with Gasteiger partial charge < -0.3 is 16.8 Å². The number of thiazole rings is 1. The third kappa shape index (κ3) is 4.81. The van der Waals surface area contributed by atoms with Crippen LogP contribution in [0.2, 0.25) is 0 Å². The van der Waals surface area contributed by atoms with Crippen LogP contribution < -0.4 is 21.9 Å². The molecule has 0 atom stereocenters. The zero-order valence-electron chi connectivity index (χ0n) is 17.6. The van der Waals surface area contributed by atoms with Gasteiger partial charge in [0.1, 0.15) is 10.7 Å². The number of amidine groups is 1. The summed E-state index contributed by atoms with van der Waals surface area (Å²) in [5, 5.41) is 16.0. The number of nitrogens with two attached hydrogens (primary N) is 3. The first-order valence-corrected chi connectivity index (χ1v) is 12.2. The fourth-order valence-electron chi connectivity index (χ4n) is 3.39. The third-order valence-electron chi connectivity index (χ3n) is 4.94. The van der Waals surface area contributed by atoms with Gasteiger partial charge in [-0.15, -0.1) is 0 Å². The maximum atomic E-state index is 13.0. The Morgan fingerprint density at radius 1 is 0.971 bits per heavy atom. The van der Waals surface area contributed by atoms with Crippen molar-refractivity contribution in [1.29, 1.82) is 5.41 Å². The molecule has 0 bridgehead atoms. The van der Waals surface area contributed by atoms with Crippen LogP contribution in [-0.4, -0.2) is 25.1 Å². The van der Waals surface area contributed by atoms with E-state index in [1.54, 1.807) is 66.7 Å². The number of nitrogens with zero attached hydrogens (tertiary/aromatic N) is 1. The molecule has 0 fully saturated rings. The average molecular weight is 493 g/mol. The number of carbonyl (C=O) groups is 1. The maximum absolute atomic E-state index is 13.0. The summed E-state index contributed by atoms with van der Waals surface area (Å²) in [5.74, 6) is -0.504. The summed E-state index contributed by atoms with van der Waals surface area (Å²) in [6, 6.07) is 20.0. The number of amides is 1. The lowest BCUT2D eigenvalue weighted by molar-refractivity contribution is 0.103. The first kappa shape index (κ1) is 23.1. The molecular formula is C23H20N6O3S2. The van der Waals surface area contributed by atoms with Gasteiger partial charge in [-0.3, -0.25) is 10.2 Å². The predicted molar refractivity (Wildman–Crippen MR) is 134 cm³/mol. The second-order valence-electron chi connectivity index (χ2n) is 7.30. The lowest BCUT2D eigenvalue weighted by atomic mass is 10.1. The van der Waals surface area contributed by atoms with Crippen molar-refractivity contribution in [1.82, 2.24) is 4.98 Å². The second-order valence-corrected chi connectivity index (χ2v) is 9.86. The number of anilines is 2. The number of hydrogen-bond acceptors (Lipinski definition) is 7. The Hall–Kier alpha value is -4.06. The van der Waals surface area contributed by atoms with Crippen LogP contribution in [0, 0.1) is 5.41 Å². The first-order chi connectivity index (χ1) is 16.1. The monoisotopic (exact) mass is 492 g/mol. The number of aromatic nitrogens is 1. The second kappa shape index (κ2) is 9.06. The van der Waals surface area contributed by atoms with Gasteiger partial charge in [-0.05, 0) is 29.8 Å². The molecule has 11 heteroatoms. The van der Waals surface area contributed by atoms with Crippen LogP contribution in [0.4, 0.5) is 10.8 Å². The van der Waals surface area contributed by atoms with E-state index in [9.17, 15) is 13.2 Å². The summed E-state index contributed by atoms with van der Waals surface area (Å²) in [7, 11) is -3.89.